The van der Waals surface area contributed by atoms with Crippen molar-refractivity contribution in [1.82, 2.24) is 9.97 Å². The zero-order valence-corrected chi connectivity index (χ0v) is 17.4. The largest absolute Gasteiger partial charge is 0.324 e. The van der Waals surface area contributed by atoms with E-state index >= 15 is 0 Å². The molecular weight excluding hydrogens is 410 g/mol. The SMILES string of the molecule is Cc1nccc(-c2cccc(NC(=O)c3ccc(NC(=O)Nc4ccccc4)s3)c2)n1. The maximum atomic E-state index is 12.7. The van der Waals surface area contributed by atoms with Gasteiger partial charge in [0.05, 0.1) is 15.6 Å². The second kappa shape index (κ2) is 9.19. The van der Waals surface area contributed by atoms with Crippen LogP contribution in [0.4, 0.5) is 21.2 Å². The van der Waals surface area contributed by atoms with Gasteiger partial charge in [0.25, 0.3) is 5.91 Å². The Labute approximate surface area is 183 Å². The summed E-state index contributed by atoms with van der Waals surface area (Å²) in [5.74, 6) is 0.430. The second-order valence-electron chi connectivity index (χ2n) is 6.63. The molecule has 3 amide bonds. The van der Waals surface area contributed by atoms with Crippen molar-refractivity contribution in [2.75, 3.05) is 16.0 Å². The Bertz CT molecular complexity index is 1220. The molecule has 2 aromatic heterocycles. The van der Waals surface area contributed by atoms with Crippen molar-refractivity contribution in [3.8, 4) is 11.3 Å². The highest BCUT2D eigenvalue weighted by Crippen LogP contribution is 2.25. The normalized spacial score (nSPS) is 10.4. The summed E-state index contributed by atoms with van der Waals surface area (Å²) in [6.45, 7) is 1.83. The zero-order chi connectivity index (χ0) is 21.6. The monoisotopic (exact) mass is 429 g/mol. The van der Waals surface area contributed by atoms with Gasteiger partial charge in [0.2, 0.25) is 0 Å². The number of thiophene rings is 1. The van der Waals surface area contributed by atoms with Gasteiger partial charge in [0.1, 0.15) is 5.82 Å². The Hall–Kier alpha value is -4.04. The highest BCUT2D eigenvalue weighted by molar-refractivity contribution is 7.18. The number of carbonyl (C=O) groups excluding carboxylic acids is 2. The van der Waals surface area contributed by atoms with Gasteiger partial charge in [-0.2, -0.15) is 0 Å². The quantitative estimate of drug-likeness (QED) is 0.395. The third-order valence-corrected chi connectivity index (χ3v) is 5.29. The van der Waals surface area contributed by atoms with Gasteiger partial charge in [0, 0.05) is 23.1 Å². The lowest BCUT2D eigenvalue weighted by molar-refractivity contribution is 0.103. The molecule has 4 rings (SSSR count). The molecule has 2 heterocycles. The van der Waals surface area contributed by atoms with Crippen LogP contribution in [0.25, 0.3) is 11.3 Å². The third kappa shape index (κ3) is 5.31. The minimum absolute atomic E-state index is 0.252. The van der Waals surface area contributed by atoms with Crippen LogP contribution in [0.2, 0.25) is 0 Å². The molecule has 0 saturated carbocycles. The van der Waals surface area contributed by atoms with Crippen LogP contribution in [0.5, 0.6) is 0 Å². The summed E-state index contributed by atoms with van der Waals surface area (Å²) in [7, 11) is 0. The number of hydrogen-bond acceptors (Lipinski definition) is 5. The van der Waals surface area contributed by atoms with E-state index in [1.165, 1.54) is 11.3 Å². The molecule has 2 aromatic carbocycles. The van der Waals surface area contributed by atoms with Crippen LogP contribution in [0, 0.1) is 6.92 Å². The molecule has 0 unspecified atom stereocenters. The number of amides is 3. The Morgan fingerprint density at radius 1 is 0.839 bits per heavy atom. The third-order valence-electron chi connectivity index (χ3n) is 4.29. The van der Waals surface area contributed by atoms with Gasteiger partial charge in [0.15, 0.2) is 0 Å². The van der Waals surface area contributed by atoms with Crippen LogP contribution >= 0.6 is 11.3 Å². The number of benzene rings is 2. The van der Waals surface area contributed by atoms with E-state index in [4.69, 9.17) is 0 Å². The lowest BCUT2D eigenvalue weighted by atomic mass is 10.1. The van der Waals surface area contributed by atoms with E-state index in [1.54, 1.807) is 30.5 Å². The number of nitrogens with one attached hydrogen (secondary N) is 3. The lowest BCUT2D eigenvalue weighted by Gasteiger charge is -2.07. The van der Waals surface area contributed by atoms with Gasteiger partial charge < -0.3 is 10.6 Å². The molecule has 4 aromatic rings. The fourth-order valence-electron chi connectivity index (χ4n) is 2.89. The number of carbonyl (C=O) groups is 2. The average Bonchev–Trinajstić information content (AvgIpc) is 3.23. The highest BCUT2D eigenvalue weighted by atomic mass is 32.1. The molecule has 0 saturated heterocycles. The van der Waals surface area contributed by atoms with E-state index in [-0.39, 0.29) is 11.9 Å². The first-order chi connectivity index (χ1) is 15.1. The number of hydrogen-bond donors (Lipinski definition) is 3. The minimum Gasteiger partial charge on any atom is -0.321 e. The molecular formula is C23H19N5O2S. The molecule has 0 aliphatic heterocycles. The van der Waals surface area contributed by atoms with Crippen molar-refractivity contribution in [3.05, 3.63) is 89.7 Å². The van der Waals surface area contributed by atoms with Crippen LogP contribution in [-0.4, -0.2) is 21.9 Å². The number of aromatic nitrogens is 2. The summed E-state index contributed by atoms with van der Waals surface area (Å²) in [6.07, 6.45) is 1.71. The Morgan fingerprint density at radius 2 is 1.65 bits per heavy atom. The first kappa shape index (κ1) is 20.2. The summed E-state index contributed by atoms with van der Waals surface area (Å²) in [5, 5.41) is 8.94. The molecule has 0 spiro atoms. The second-order valence-corrected chi connectivity index (χ2v) is 7.72. The average molecular weight is 430 g/mol. The van der Waals surface area contributed by atoms with Crippen molar-refractivity contribution in [2.24, 2.45) is 0 Å². The van der Waals surface area contributed by atoms with E-state index in [2.05, 4.69) is 25.9 Å². The molecule has 0 aliphatic rings. The number of urea groups is 1. The predicted octanol–water partition coefficient (Wildman–Crippen LogP) is 5.41. The van der Waals surface area contributed by atoms with E-state index in [1.807, 2.05) is 55.5 Å². The van der Waals surface area contributed by atoms with E-state index in [9.17, 15) is 9.59 Å². The summed E-state index contributed by atoms with van der Waals surface area (Å²) in [5.41, 5.74) is 3.02. The number of anilines is 3. The van der Waals surface area contributed by atoms with Gasteiger partial charge in [-0.3, -0.25) is 10.1 Å². The van der Waals surface area contributed by atoms with Crippen molar-refractivity contribution < 1.29 is 9.59 Å². The Balaban J connectivity index is 1.40. The van der Waals surface area contributed by atoms with Crippen molar-refractivity contribution >= 4 is 39.7 Å². The van der Waals surface area contributed by atoms with Gasteiger partial charge in [-0.15, -0.1) is 11.3 Å². The zero-order valence-electron chi connectivity index (χ0n) is 16.6. The number of nitrogens with zero attached hydrogens (tertiary/aromatic N) is 2. The lowest BCUT2D eigenvalue weighted by Crippen LogP contribution is -2.18. The van der Waals surface area contributed by atoms with Crippen molar-refractivity contribution in [2.45, 2.75) is 6.92 Å². The van der Waals surface area contributed by atoms with Crippen LogP contribution in [0.15, 0.2) is 79.0 Å². The first-order valence-electron chi connectivity index (χ1n) is 9.51. The summed E-state index contributed by atoms with van der Waals surface area (Å²) < 4.78 is 0. The van der Waals surface area contributed by atoms with Crippen LogP contribution in [0.3, 0.4) is 0 Å². The topological polar surface area (TPSA) is 96.0 Å². The number of rotatable bonds is 5. The standard InChI is InChI=1S/C23H19N5O2S/c1-15-24-13-12-19(25-15)16-6-5-9-18(14-16)26-22(29)20-10-11-21(31-20)28-23(30)27-17-7-3-2-4-8-17/h2-14H,1H3,(H,26,29)(H2,27,28,30). The summed E-state index contributed by atoms with van der Waals surface area (Å²) in [4.78, 5) is 33.8. The molecule has 8 heteroatoms. The van der Waals surface area contributed by atoms with Crippen LogP contribution < -0.4 is 16.0 Å². The van der Waals surface area contributed by atoms with Gasteiger partial charge in [-0.05, 0) is 49.4 Å². The smallest absolute Gasteiger partial charge is 0.321 e. The molecule has 0 bridgehead atoms. The van der Waals surface area contributed by atoms with Crippen LogP contribution in [0.1, 0.15) is 15.5 Å². The molecule has 0 atom stereocenters. The predicted molar refractivity (Wildman–Crippen MR) is 124 cm³/mol. The molecule has 7 nitrogen and oxygen atoms in total. The maximum Gasteiger partial charge on any atom is 0.324 e. The van der Waals surface area contributed by atoms with Gasteiger partial charge in [-0.25, -0.2) is 14.8 Å². The van der Waals surface area contributed by atoms with E-state index in [0.717, 1.165) is 11.3 Å². The molecule has 0 radical (unpaired) electrons. The molecule has 31 heavy (non-hydrogen) atoms. The van der Waals surface area contributed by atoms with Gasteiger partial charge >= 0.3 is 6.03 Å². The molecule has 154 valence electrons. The van der Waals surface area contributed by atoms with Crippen LogP contribution in [-0.2, 0) is 0 Å². The fourth-order valence-corrected chi connectivity index (χ4v) is 3.69. The maximum absolute atomic E-state index is 12.7. The first-order valence-corrected chi connectivity index (χ1v) is 10.3. The fraction of sp³-hybridized carbons (Fsp3) is 0.0435. The molecule has 0 aliphatic carbocycles. The number of aryl methyl sites for hydroxylation is 1. The highest BCUT2D eigenvalue weighted by Gasteiger charge is 2.12. The summed E-state index contributed by atoms with van der Waals surface area (Å²) in [6, 6.07) is 21.4. The molecule has 3 N–H and O–H groups in total. The van der Waals surface area contributed by atoms with Crippen molar-refractivity contribution in [3.63, 3.8) is 0 Å². The van der Waals surface area contributed by atoms with E-state index in [0.29, 0.717) is 27.1 Å². The van der Waals surface area contributed by atoms with E-state index < -0.39 is 0 Å². The number of para-hydroxylation sites is 1. The summed E-state index contributed by atoms with van der Waals surface area (Å²) >= 11 is 1.20. The Morgan fingerprint density at radius 3 is 2.45 bits per heavy atom. The minimum atomic E-state index is -0.368. The Kier molecular flexibility index (Phi) is 6.00. The molecule has 0 fully saturated rings. The van der Waals surface area contributed by atoms with Gasteiger partial charge in [-0.1, -0.05) is 30.3 Å². The van der Waals surface area contributed by atoms with Crippen molar-refractivity contribution in [1.29, 1.82) is 0 Å².